The standard InChI is InChI=1S/C49H82O18P2/c1-3-5-7-8-9-10-11-12-13-14-15-16-17-22-30-36-43(53)65-41(38-64-69(61,62)67-49-46(56)44(54)45(55)48(47(49)57)66-68(58,59)60)37-63-42(52)35-29-21-19-18-20-26-32-40(51)34-28-24-23-27-33-39(50)31-25-6-4-2/h6,10-11,19-21,23-28,33-34,39-41,44-51,54-57H,3-5,7-9,12-18,22,29-32,35-38H2,1-2H3,(H,61,62)(H2,58,59,60)/b11-10-,21-19-,24-23-,25-6-,26-20-,33-27+,34-28+/t39-,40+,41-,44?,45?,46?,47?,48-,49+/m1/s1. The fourth-order valence-corrected chi connectivity index (χ4v) is 8.35. The number of hydrogen-bond acceptors (Lipinski definition) is 15. The second-order valence-corrected chi connectivity index (χ2v) is 19.4. The topological polar surface area (TPSA) is 296 Å². The molecule has 18 nitrogen and oxygen atoms in total. The minimum atomic E-state index is -5.39. The number of rotatable bonds is 39. The minimum absolute atomic E-state index is 0.00325. The van der Waals surface area contributed by atoms with Crippen LogP contribution in [-0.4, -0.2) is 125 Å². The van der Waals surface area contributed by atoms with Gasteiger partial charge in [0, 0.05) is 12.8 Å². The number of aliphatic hydroxyl groups excluding tert-OH is 6. The van der Waals surface area contributed by atoms with Crippen molar-refractivity contribution in [2.24, 2.45) is 0 Å². The summed E-state index contributed by atoms with van der Waals surface area (Å²) < 4.78 is 49.2. The molecule has 1 aliphatic rings. The van der Waals surface area contributed by atoms with E-state index in [4.69, 9.17) is 18.5 Å². The summed E-state index contributed by atoms with van der Waals surface area (Å²) in [5, 5.41) is 61.3. The number of allylic oxidation sites excluding steroid dienone is 10. The van der Waals surface area contributed by atoms with Crippen LogP contribution in [0.25, 0.3) is 0 Å². The Kier molecular flexibility index (Phi) is 36.0. The minimum Gasteiger partial charge on any atom is -0.462 e. The molecule has 0 aromatic carbocycles. The van der Waals surface area contributed by atoms with Crippen molar-refractivity contribution in [3.63, 3.8) is 0 Å². The molecular weight excluding hydrogens is 938 g/mol. The number of phosphoric ester groups is 2. The molecule has 0 aromatic heterocycles. The third-order valence-corrected chi connectivity index (χ3v) is 12.1. The first-order chi connectivity index (χ1) is 32.9. The van der Waals surface area contributed by atoms with Crippen LogP contribution in [0.3, 0.4) is 0 Å². The van der Waals surface area contributed by atoms with E-state index in [1.54, 1.807) is 42.5 Å². The van der Waals surface area contributed by atoms with Crippen molar-refractivity contribution in [1.82, 2.24) is 0 Å². The van der Waals surface area contributed by atoms with E-state index < -0.39 is 95.7 Å². The lowest BCUT2D eigenvalue weighted by Gasteiger charge is -2.43. The third kappa shape index (κ3) is 33.4. The quantitative estimate of drug-likeness (QED) is 0.00957. The Balaban J connectivity index is 2.68. The highest BCUT2D eigenvalue weighted by Crippen LogP contribution is 2.49. The first-order valence-electron chi connectivity index (χ1n) is 24.3. The van der Waals surface area contributed by atoms with Crippen molar-refractivity contribution in [2.75, 3.05) is 13.2 Å². The summed E-state index contributed by atoms with van der Waals surface area (Å²) in [5.74, 6) is -1.38. The number of unbranched alkanes of at least 4 members (excludes halogenated alkanes) is 11. The molecule has 69 heavy (non-hydrogen) atoms. The molecular formula is C49H82O18P2. The Morgan fingerprint density at radius 1 is 0.551 bits per heavy atom. The highest BCUT2D eigenvalue weighted by molar-refractivity contribution is 7.47. The normalized spacial score (nSPS) is 22.8. The Morgan fingerprint density at radius 3 is 1.65 bits per heavy atom. The van der Waals surface area contributed by atoms with Crippen LogP contribution < -0.4 is 0 Å². The highest BCUT2D eigenvalue weighted by atomic mass is 31.2. The Hall–Kier alpha value is -2.90. The SMILES string of the molecule is CC/C=C\C[C@@H](O)/C=C/C=C\C=C\[C@@H](O)C/C=C\C/C=C\CCC(=O)OC[C@H](COP(=O)(O)O[C@H]1C(O)C(O)C(O)[C@@H](OP(=O)(O)O)C1O)OC(=O)CCCCCCCCC/C=C\CCCCCC. The lowest BCUT2D eigenvalue weighted by Crippen LogP contribution is -2.64. The molecule has 0 aliphatic heterocycles. The summed E-state index contributed by atoms with van der Waals surface area (Å²) in [6.45, 7) is 2.75. The summed E-state index contributed by atoms with van der Waals surface area (Å²) in [7, 11) is -10.7. The van der Waals surface area contributed by atoms with Gasteiger partial charge in [-0.25, -0.2) is 9.13 Å². The maximum atomic E-state index is 13.0. The van der Waals surface area contributed by atoms with E-state index in [-0.39, 0.29) is 12.8 Å². The van der Waals surface area contributed by atoms with Gasteiger partial charge in [-0.2, -0.15) is 0 Å². The summed E-state index contributed by atoms with van der Waals surface area (Å²) >= 11 is 0. The predicted octanol–water partition coefficient (Wildman–Crippen LogP) is 7.34. The summed E-state index contributed by atoms with van der Waals surface area (Å²) in [5.41, 5.74) is 0. The maximum Gasteiger partial charge on any atom is 0.472 e. The van der Waals surface area contributed by atoms with Crippen LogP contribution in [0, 0.1) is 0 Å². The molecule has 0 radical (unpaired) electrons. The summed E-state index contributed by atoms with van der Waals surface area (Å²) in [4.78, 5) is 54.3. The second kappa shape index (κ2) is 38.7. The summed E-state index contributed by atoms with van der Waals surface area (Å²) in [6.07, 6.45) is 26.0. The Bertz CT molecular complexity index is 1690. The van der Waals surface area contributed by atoms with Gasteiger partial charge in [-0.05, 0) is 64.2 Å². The van der Waals surface area contributed by atoms with E-state index >= 15 is 0 Å². The molecule has 1 fully saturated rings. The molecule has 5 unspecified atom stereocenters. The fourth-order valence-electron chi connectivity index (χ4n) is 6.81. The van der Waals surface area contributed by atoms with Crippen molar-refractivity contribution in [3.05, 3.63) is 85.1 Å². The number of ether oxygens (including phenoxy) is 2. The number of hydrogen-bond donors (Lipinski definition) is 9. The van der Waals surface area contributed by atoms with Crippen molar-refractivity contribution in [3.8, 4) is 0 Å². The average Bonchev–Trinajstić information content (AvgIpc) is 3.30. The van der Waals surface area contributed by atoms with Gasteiger partial charge in [0.2, 0.25) is 0 Å². The summed E-state index contributed by atoms with van der Waals surface area (Å²) in [6, 6.07) is 0. The average molecular weight is 1020 g/mol. The van der Waals surface area contributed by atoms with Crippen LogP contribution in [-0.2, 0) is 41.8 Å². The molecule has 396 valence electrons. The number of aliphatic hydroxyl groups is 6. The van der Waals surface area contributed by atoms with Crippen LogP contribution in [0.2, 0.25) is 0 Å². The monoisotopic (exact) mass is 1020 g/mol. The zero-order chi connectivity index (χ0) is 51.3. The maximum absolute atomic E-state index is 13.0. The molecule has 0 heterocycles. The third-order valence-electron chi connectivity index (χ3n) is 10.6. The zero-order valence-corrected chi connectivity index (χ0v) is 42.2. The van der Waals surface area contributed by atoms with E-state index in [9.17, 15) is 64.0 Å². The van der Waals surface area contributed by atoms with E-state index in [2.05, 4.69) is 23.6 Å². The van der Waals surface area contributed by atoms with Gasteiger partial charge in [-0.15, -0.1) is 0 Å². The molecule has 0 bridgehead atoms. The van der Waals surface area contributed by atoms with Crippen molar-refractivity contribution < 1.29 is 87.1 Å². The molecule has 1 saturated carbocycles. The Morgan fingerprint density at radius 2 is 1.07 bits per heavy atom. The Labute approximate surface area is 409 Å². The van der Waals surface area contributed by atoms with E-state index in [0.717, 1.165) is 57.8 Å². The van der Waals surface area contributed by atoms with Crippen LogP contribution in [0.1, 0.15) is 142 Å². The zero-order valence-electron chi connectivity index (χ0n) is 40.4. The molecule has 0 amide bonds. The molecule has 0 aromatic rings. The molecule has 0 saturated heterocycles. The predicted molar refractivity (Wildman–Crippen MR) is 262 cm³/mol. The molecule has 20 heteroatoms. The molecule has 9 N–H and O–H groups in total. The lowest BCUT2D eigenvalue weighted by molar-refractivity contribution is -0.216. The van der Waals surface area contributed by atoms with Crippen molar-refractivity contribution >= 4 is 27.6 Å². The largest absolute Gasteiger partial charge is 0.472 e. The van der Waals surface area contributed by atoms with Gasteiger partial charge >= 0.3 is 27.6 Å². The number of esters is 2. The van der Waals surface area contributed by atoms with Gasteiger partial charge in [0.25, 0.3) is 0 Å². The van der Waals surface area contributed by atoms with Crippen molar-refractivity contribution in [1.29, 1.82) is 0 Å². The number of carbonyl (C=O) groups excluding carboxylic acids is 2. The van der Waals surface area contributed by atoms with E-state index in [1.165, 1.54) is 25.7 Å². The van der Waals surface area contributed by atoms with E-state index in [0.29, 0.717) is 32.1 Å². The van der Waals surface area contributed by atoms with Gasteiger partial charge in [0.15, 0.2) is 6.10 Å². The first-order valence-corrected chi connectivity index (χ1v) is 27.4. The fraction of sp³-hybridized carbons (Fsp3) is 0.673. The number of carbonyl (C=O) groups is 2. The molecule has 0 spiro atoms. The molecule has 1 aliphatic carbocycles. The number of phosphoric acid groups is 2. The molecule has 10 atom stereocenters. The van der Waals surface area contributed by atoms with Gasteiger partial charge < -0.3 is 54.8 Å². The van der Waals surface area contributed by atoms with Gasteiger partial charge in [0.05, 0.1) is 18.8 Å². The van der Waals surface area contributed by atoms with Gasteiger partial charge in [-0.3, -0.25) is 23.2 Å². The lowest BCUT2D eigenvalue weighted by atomic mass is 9.85. The first kappa shape index (κ1) is 64.1. The van der Waals surface area contributed by atoms with Gasteiger partial charge in [0.1, 0.15) is 43.2 Å². The van der Waals surface area contributed by atoms with Crippen LogP contribution in [0.15, 0.2) is 85.1 Å². The van der Waals surface area contributed by atoms with Crippen molar-refractivity contribution in [2.45, 2.75) is 197 Å². The smallest absolute Gasteiger partial charge is 0.462 e. The van der Waals surface area contributed by atoms with E-state index in [1.807, 2.05) is 37.3 Å². The van der Waals surface area contributed by atoms with Crippen LogP contribution >= 0.6 is 15.6 Å². The van der Waals surface area contributed by atoms with Gasteiger partial charge in [-0.1, -0.05) is 150 Å². The van der Waals surface area contributed by atoms with Crippen LogP contribution in [0.4, 0.5) is 0 Å². The second-order valence-electron chi connectivity index (χ2n) is 16.8. The highest BCUT2D eigenvalue weighted by Gasteiger charge is 2.54. The van der Waals surface area contributed by atoms with Crippen LogP contribution in [0.5, 0.6) is 0 Å². The molecule has 1 rings (SSSR count).